The molecule has 0 aliphatic carbocycles. The molecule has 7 nitrogen and oxygen atoms in total. The van der Waals surface area contributed by atoms with Gasteiger partial charge in [-0.15, -0.1) is 11.3 Å². The van der Waals surface area contributed by atoms with Crippen molar-refractivity contribution in [3.63, 3.8) is 0 Å². The van der Waals surface area contributed by atoms with Gasteiger partial charge in [-0.3, -0.25) is 14.2 Å². The molecule has 162 valence electrons. The molecule has 0 spiro atoms. The van der Waals surface area contributed by atoms with E-state index in [1.54, 1.807) is 48.5 Å². The summed E-state index contributed by atoms with van der Waals surface area (Å²) in [7, 11) is 0. The van der Waals surface area contributed by atoms with Crippen molar-refractivity contribution in [1.29, 1.82) is 0 Å². The van der Waals surface area contributed by atoms with Crippen LogP contribution < -0.4 is 20.3 Å². The molecule has 3 heterocycles. The van der Waals surface area contributed by atoms with Crippen molar-refractivity contribution in [3.8, 4) is 17.2 Å². The van der Waals surface area contributed by atoms with Crippen LogP contribution in [-0.4, -0.2) is 34.4 Å². The fraction of sp³-hybridized carbons (Fsp3) is 0.136. The van der Waals surface area contributed by atoms with Crippen LogP contribution in [0.2, 0.25) is 5.02 Å². The lowest BCUT2D eigenvalue weighted by Crippen LogP contribution is -2.22. The van der Waals surface area contributed by atoms with Crippen molar-refractivity contribution in [2.75, 3.05) is 24.3 Å². The molecule has 2 aromatic heterocycles. The first-order chi connectivity index (χ1) is 15.6. The highest BCUT2D eigenvalue weighted by molar-refractivity contribution is 7.99. The number of nitrogens with zero attached hydrogens (tertiary/aromatic N) is 2. The molecule has 0 atom stereocenters. The molecule has 5 rings (SSSR count). The third kappa shape index (κ3) is 4.19. The summed E-state index contributed by atoms with van der Waals surface area (Å²) >= 11 is 8.66. The van der Waals surface area contributed by atoms with Gasteiger partial charge >= 0.3 is 0 Å². The first kappa shape index (κ1) is 20.9. The van der Waals surface area contributed by atoms with Crippen LogP contribution in [-0.2, 0) is 4.79 Å². The van der Waals surface area contributed by atoms with Crippen LogP contribution in [0.5, 0.6) is 11.5 Å². The lowest BCUT2D eigenvalue weighted by molar-refractivity contribution is -0.113. The van der Waals surface area contributed by atoms with Crippen LogP contribution in [0.25, 0.3) is 15.9 Å². The Morgan fingerprint density at radius 3 is 2.84 bits per heavy atom. The number of hydrogen-bond acceptors (Lipinski definition) is 7. The molecule has 0 saturated heterocycles. The predicted molar refractivity (Wildman–Crippen MR) is 127 cm³/mol. The number of carbonyl (C=O) groups excluding carboxylic acids is 1. The summed E-state index contributed by atoms with van der Waals surface area (Å²) in [6.07, 6.45) is 0. The van der Waals surface area contributed by atoms with Crippen molar-refractivity contribution in [2.45, 2.75) is 5.16 Å². The van der Waals surface area contributed by atoms with E-state index in [9.17, 15) is 9.59 Å². The van der Waals surface area contributed by atoms with Gasteiger partial charge in [0, 0.05) is 16.8 Å². The number of nitrogens with one attached hydrogen (secondary N) is 1. The zero-order valence-corrected chi connectivity index (χ0v) is 18.9. The second kappa shape index (κ2) is 8.85. The molecule has 10 heteroatoms. The number of hydrogen-bond donors (Lipinski definition) is 1. The van der Waals surface area contributed by atoms with Crippen LogP contribution in [0, 0.1) is 0 Å². The second-order valence-electron chi connectivity index (χ2n) is 6.85. The molecule has 4 aromatic rings. The summed E-state index contributed by atoms with van der Waals surface area (Å²) in [5, 5.41) is 5.60. The summed E-state index contributed by atoms with van der Waals surface area (Å²) in [6, 6.07) is 14.0. The van der Waals surface area contributed by atoms with Crippen LogP contribution in [0.3, 0.4) is 0 Å². The summed E-state index contributed by atoms with van der Waals surface area (Å²) in [5.41, 5.74) is 1.61. The molecule has 2 aromatic carbocycles. The van der Waals surface area contributed by atoms with E-state index in [-0.39, 0.29) is 17.2 Å². The normalized spacial score (nSPS) is 12.7. The molecular formula is C22H16ClN3O4S2. The molecule has 1 N–H and O–H groups in total. The van der Waals surface area contributed by atoms with Gasteiger partial charge in [0.1, 0.15) is 17.9 Å². The lowest BCUT2D eigenvalue weighted by atomic mass is 10.2. The van der Waals surface area contributed by atoms with Gasteiger partial charge in [0.25, 0.3) is 5.56 Å². The molecule has 1 aliphatic heterocycles. The predicted octanol–water partition coefficient (Wildman–Crippen LogP) is 4.60. The van der Waals surface area contributed by atoms with Crippen molar-refractivity contribution in [1.82, 2.24) is 9.55 Å². The number of aromatic nitrogens is 2. The number of amides is 1. The maximum absolute atomic E-state index is 13.1. The maximum atomic E-state index is 13.1. The fourth-order valence-corrected chi connectivity index (χ4v) is 5.04. The first-order valence-electron chi connectivity index (χ1n) is 9.67. The number of anilines is 1. The van der Waals surface area contributed by atoms with Crippen molar-refractivity contribution in [3.05, 3.63) is 69.3 Å². The van der Waals surface area contributed by atoms with E-state index in [1.807, 2.05) is 5.38 Å². The summed E-state index contributed by atoms with van der Waals surface area (Å²) < 4.78 is 13.1. The Balaban J connectivity index is 1.39. The monoisotopic (exact) mass is 485 g/mol. The van der Waals surface area contributed by atoms with Gasteiger partial charge in [0.15, 0.2) is 16.7 Å². The number of thiophene rings is 1. The Hall–Kier alpha value is -3.01. The average molecular weight is 486 g/mol. The molecule has 1 aliphatic rings. The minimum absolute atomic E-state index is 0.0666. The topological polar surface area (TPSA) is 82.5 Å². The molecule has 0 radical (unpaired) electrons. The number of rotatable bonds is 5. The molecule has 1 amide bonds. The Morgan fingerprint density at radius 2 is 2.00 bits per heavy atom. The number of halogens is 1. The number of thioether (sulfide) groups is 1. The van der Waals surface area contributed by atoms with Gasteiger partial charge in [0.05, 0.1) is 17.0 Å². The van der Waals surface area contributed by atoms with Gasteiger partial charge in [-0.2, -0.15) is 0 Å². The van der Waals surface area contributed by atoms with E-state index >= 15 is 0 Å². The number of carbonyl (C=O) groups is 1. The van der Waals surface area contributed by atoms with Crippen LogP contribution in [0.15, 0.2) is 63.9 Å². The molecule has 0 saturated carbocycles. The minimum atomic E-state index is -0.232. The van der Waals surface area contributed by atoms with Gasteiger partial charge in [-0.05, 0) is 41.8 Å². The summed E-state index contributed by atoms with van der Waals surface area (Å²) in [4.78, 5) is 30.4. The highest BCUT2D eigenvalue weighted by atomic mass is 35.5. The van der Waals surface area contributed by atoms with E-state index in [0.29, 0.717) is 56.5 Å². The Bertz CT molecular complexity index is 1390. The van der Waals surface area contributed by atoms with Crippen molar-refractivity contribution >= 4 is 56.5 Å². The molecule has 32 heavy (non-hydrogen) atoms. The fourth-order valence-electron chi connectivity index (χ4n) is 3.28. The lowest BCUT2D eigenvalue weighted by Gasteiger charge is -2.19. The summed E-state index contributed by atoms with van der Waals surface area (Å²) in [5.74, 6) is 1.09. The zero-order valence-electron chi connectivity index (χ0n) is 16.5. The standard InChI is InChI=1S/C22H16ClN3O4S2/c23-13-2-1-3-15(10-13)26-21(28)20-16(6-9-31-20)25-22(26)32-12-19(27)24-14-4-5-17-18(11-14)30-8-7-29-17/h1-6,9-11H,7-8,12H2,(H,24,27). The van der Waals surface area contributed by atoms with Gasteiger partial charge in [0.2, 0.25) is 5.91 Å². The second-order valence-corrected chi connectivity index (χ2v) is 9.14. The quantitative estimate of drug-likeness (QED) is 0.328. The van der Waals surface area contributed by atoms with Crippen molar-refractivity contribution < 1.29 is 14.3 Å². The zero-order chi connectivity index (χ0) is 22.1. The van der Waals surface area contributed by atoms with E-state index in [4.69, 9.17) is 21.1 Å². The van der Waals surface area contributed by atoms with Gasteiger partial charge in [-0.1, -0.05) is 29.4 Å². The van der Waals surface area contributed by atoms with E-state index in [0.717, 1.165) is 0 Å². The molecular weight excluding hydrogens is 470 g/mol. The number of benzene rings is 2. The largest absolute Gasteiger partial charge is 0.486 e. The highest BCUT2D eigenvalue weighted by Gasteiger charge is 2.17. The van der Waals surface area contributed by atoms with Crippen LogP contribution in [0.1, 0.15) is 0 Å². The van der Waals surface area contributed by atoms with E-state index < -0.39 is 0 Å². The maximum Gasteiger partial charge on any atom is 0.276 e. The average Bonchev–Trinajstić information content (AvgIpc) is 3.27. The Kier molecular flexibility index (Phi) is 5.77. The van der Waals surface area contributed by atoms with Crippen molar-refractivity contribution in [2.24, 2.45) is 0 Å². The molecule has 0 unspecified atom stereocenters. The Morgan fingerprint density at radius 1 is 1.16 bits per heavy atom. The number of fused-ring (bicyclic) bond motifs is 2. The minimum Gasteiger partial charge on any atom is -0.486 e. The van der Waals surface area contributed by atoms with Crippen LogP contribution in [0.4, 0.5) is 5.69 Å². The number of ether oxygens (including phenoxy) is 2. The smallest absolute Gasteiger partial charge is 0.276 e. The highest BCUT2D eigenvalue weighted by Crippen LogP contribution is 2.32. The third-order valence-electron chi connectivity index (χ3n) is 4.67. The summed E-state index contributed by atoms with van der Waals surface area (Å²) in [6.45, 7) is 0.975. The van der Waals surface area contributed by atoms with E-state index in [1.165, 1.54) is 27.7 Å². The van der Waals surface area contributed by atoms with Crippen LogP contribution >= 0.6 is 34.7 Å². The Labute approximate surface area is 195 Å². The molecule has 0 bridgehead atoms. The van der Waals surface area contributed by atoms with Gasteiger partial charge in [-0.25, -0.2) is 4.98 Å². The third-order valence-corrected chi connectivity index (χ3v) is 6.74. The SMILES string of the molecule is O=C(CSc1nc2ccsc2c(=O)n1-c1cccc(Cl)c1)Nc1ccc2c(c1)OCCO2. The first-order valence-corrected chi connectivity index (χ1v) is 11.9. The van der Waals surface area contributed by atoms with Gasteiger partial charge < -0.3 is 14.8 Å². The molecule has 0 fully saturated rings. The van der Waals surface area contributed by atoms with E-state index in [2.05, 4.69) is 10.3 Å².